The smallest absolute Gasteiger partial charge is 0.417 e. The number of benzene rings is 1. The van der Waals surface area contributed by atoms with Gasteiger partial charge in [-0.05, 0) is 38.1 Å². The highest BCUT2D eigenvalue weighted by Gasteiger charge is 2.37. The van der Waals surface area contributed by atoms with Crippen molar-refractivity contribution < 1.29 is 58.9 Å². The first-order valence-corrected chi connectivity index (χ1v) is 15.2. The summed E-state index contributed by atoms with van der Waals surface area (Å²) in [6.45, 7) is 3.58. The summed E-state index contributed by atoms with van der Waals surface area (Å²) in [7, 11) is 3.92. The van der Waals surface area contributed by atoms with Crippen molar-refractivity contribution in [1.29, 1.82) is 0 Å². The molecule has 0 aliphatic carbocycles. The Bertz CT molecular complexity index is 2090. The number of nitrogens with zero attached hydrogens (tertiary/aromatic N) is 6. The Hall–Kier alpha value is -6.08. The number of amides is 1. The van der Waals surface area contributed by atoms with E-state index in [2.05, 4.69) is 24.9 Å². The minimum absolute atomic E-state index is 0.0722. The maximum atomic E-state index is 13.7. The molecule has 12 nitrogen and oxygen atoms in total. The lowest BCUT2D eigenvalue weighted by Crippen LogP contribution is -2.15. The molecule has 4 aromatic heterocycles. The first-order valence-electron chi connectivity index (χ1n) is 15.2. The Morgan fingerprint density at radius 2 is 1.17 bits per heavy atom. The number of carbonyl (C=O) groups is 2. The van der Waals surface area contributed by atoms with Crippen molar-refractivity contribution in [2.45, 2.75) is 26.2 Å². The Kier molecular flexibility index (Phi) is 12.0. The average molecular weight is 756 g/mol. The predicted octanol–water partition coefficient (Wildman–Crippen LogP) is 7.12. The quantitative estimate of drug-likeness (QED) is 0.123. The van der Waals surface area contributed by atoms with E-state index in [1.54, 1.807) is 13.8 Å². The van der Waals surface area contributed by atoms with Crippen LogP contribution in [0.15, 0.2) is 54.9 Å². The van der Waals surface area contributed by atoms with Crippen LogP contribution in [0, 0.1) is 11.6 Å². The van der Waals surface area contributed by atoms with Crippen LogP contribution in [0.5, 0.6) is 11.8 Å². The molecule has 1 N–H and O–H groups in total. The summed E-state index contributed by atoms with van der Waals surface area (Å²) >= 11 is 0. The molecule has 0 aliphatic rings. The number of pyridine rings is 2. The Labute approximate surface area is 295 Å². The van der Waals surface area contributed by atoms with E-state index in [4.69, 9.17) is 9.47 Å². The molecule has 282 valence electrons. The van der Waals surface area contributed by atoms with Gasteiger partial charge < -0.3 is 19.5 Å². The molecule has 0 atom stereocenters. The van der Waals surface area contributed by atoms with Crippen molar-refractivity contribution in [3.8, 4) is 34.3 Å². The third-order valence-corrected chi connectivity index (χ3v) is 7.09. The Morgan fingerprint density at radius 3 is 1.58 bits per heavy atom. The highest BCUT2D eigenvalue weighted by molar-refractivity contribution is 6.03. The molecule has 5 rings (SSSR count). The second-order valence-corrected chi connectivity index (χ2v) is 10.6. The van der Waals surface area contributed by atoms with Crippen LogP contribution < -0.4 is 14.8 Å². The summed E-state index contributed by atoms with van der Waals surface area (Å²) in [5, 5.41) is 9.75. The van der Waals surface area contributed by atoms with Crippen molar-refractivity contribution in [2.24, 2.45) is 14.1 Å². The monoisotopic (exact) mass is 755 g/mol. The number of hydrogen-bond donors (Lipinski definition) is 1. The van der Waals surface area contributed by atoms with Gasteiger partial charge in [0.25, 0.3) is 5.91 Å². The molecule has 0 bridgehead atoms. The summed E-state index contributed by atoms with van der Waals surface area (Å²) in [4.78, 5) is 31.5. The van der Waals surface area contributed by atoms with Crippen molar-refractivity contribution >= 4 is 17.6 Å². The standard InChI is InChI=1S/C19H15F5N4O2.C14H14F3N3O3/c1-3-30-16-7-11(19(22,23)24)10(9-25-16)15-8-14(27-28(15)2)18(29)26-17-12(20)5-4-6-13(17)21;1-4-23-12-5-9(14(15,16)17)8(7-18-12)11-6-10(13(21)22-3)19-20(11)2/h4-9H,3H2,1-2H3,(H,26,29);5-7H,4H2,1-3H3. The second kappa shape index (κ2) is 16.1. The molecule has 0 spiro atoms. The van der Waals surface area contributed by atoms with E-state index in [-0.39, 0.29) is 58.9 Å². The summed E-state index contributed by atoms with van der Waals surface area (Å²) in [5.74, 6) is -4.07. The van der Waals surface area contributed by atoms with Crippen LogP contribution in [0.1, 0.15) is 46.0 Å². The minimum Gasteiger partial charge on any atom is -0.478 e. The fraction of sp³-hybridized carbons (Fsp3) is 0.273. The number of rotatable bonds is 9. The van der Waals surface area contributed by atoms with Gasteiger partial charge in [0.05, 0.1) is 42.8 Å². The van der Waals surface area contributed by atoms with Crippen molar-refractivity contribution in [1.82, 2.24) is 29.5 Å². The van der Waals surface area contributed by atoms with Crippen LogP contribution >= 0.6 is 0 Å². The van der Waals surface area contributed by atoms with Gasteiger partial charge in [0, 0.05) is 49.7 Å². The molecule has 4 heterocycles. The molecular weight excluding hydrogens is 726 g/mol. The highest BCUT2D eigenvalue weighted by Crippen LogP contribution is 2.40. The number of esters is 1. The number of aryl methyl sites for hydroxylation is 2. The molecular formula is C33H29F8N7O5. The Morgan fingerprint density at radius 1 is 0.736 bits per heavy atom. The van der Waals surface area contributed by atoms with E-state index in [0.717, 1.165) is 60.6 Å². The van der Waals surface area contributed by atoms with Crippen molar-refractivity contribution in [2.75, 3.05) is 25.6 Å². The number of nitrogens with one attached hydrogen (secondary N) is 1. The zero-order chi connectivity index (χ0) is 39.2. The summed E-state index contributed by atoms with van der Waals surface area (Å²) < 4.78 is 125. The number of alkyl halides is 6. The number of halogens is 8. The topological polar surface area (TPSA) is 135 Å². The van der Waals surface area contributed by atoms with Gasteiger partial charge >= 0.3 is 18.3 Å². The number of hydrogen-bond acceptors (Lipinski definition) is 9. The largest absolute Gasteiger partial charge is 0.478 e. The molecule has 0 unspecified atom stereocenters. The number of aromatic nitrogens is 6. The maximum Gasteiger partial charge on any atom is 0.417 e. The molecule has 1 amide bonds. The van der Waals surface area contributed by atoms with Crippen LogP contribution in [0.4, 0.5) is 40.8 Å². The molecule has 0 fully saturated rings. The van der Waals surface area contributed by atoms with Crippen LogP contribution in [-0.4, -0.2) is 61.7 Å². The van der Waals surface area contributed by atoms with E-state index >= 15 is 0 Å². The number of ether oxygens (including phenoxy) is 3. The van der Waals surface area contributed by atoms with E-state index in [1.807, 2.05) is 5.32 Å². The van der Waals surface area contributed by atoms with Gasteiger partial charge in [-0.1, -0.05) is 6.07 Å². The van der Waals surface area contributed by atoms with Crippen molar-refractivity contribution in [3.05, 3.63) is 89.0 Å². The number of methoxy groups -OCH3 is 1. The van der Waals surface area contributed by atoms with Gasteiger partial charge in [-0.3, -0.25) is 14.2 Å². The predicted molar refractivity (Wildman–Crippen MR) is 171 cm³/mol. The van der Waals surface area contributed by atoms with Crippen LogP contribution in [-0.2, 0) is 31.2 Å². The number of carbonyl (C=O) groups excluding carboxylic acids is 2. The van der Waals surface area contributed by atoms with Crippen LogP contribution in [0.3, 0.4) is 0 Å². The average Bonchev–Trinajstić information content (AvgIpc) is 3.68. The van der Waals surface area contributed by atoms with Crippen molar-refractivity contribution in [3.63, 3.8) is 0 Å². The summed E-state index contributed by atoms with van der Waals surface area (Å²) in [6.07, 6.45) is -7.33. The number of para-hydroxylation sites is 1. The van der Waals surface area contributed by atoms with E-state index in [0.29, 0.717) is 0 Å². The van der Waals surface area contributed by atoms with Gasteiger partial charge in [-0.25, -0.2) is 23.5 Å². The lowest BCUT2D eigenvalue weighted by Gasteiger charge is -2.14. The van der Waals surface area contributed by atoms with Gasteiger partial charge in [0.15, 0.2) is 11.4 Å². The molecule has 20 heteroatoms. The third kappa shape index (κ3) is 9.24. The first kappa shape index (κ1) is 39.7. The molecule has 53 heavy (non-hydrogen) atoms. The van der Waals surface area contributed by atoms with E-state index < -0.39 is 52.7 Å². The van der Waals surface area contributed by atoms with Gasteiger partial charge in [-0.2, -0.15) is 36.5 Å². The molecule has 0 aliphatic heterocycles. The lowest BCUT2D eigenvalue weighted by atomic mass is 10.1. The fourth-order valence-electron chi connectivity index (χ4n) is 4.75. The summed E-state index contributed by atoms with van der Waals surface area (Å²) in [5.41, 5.74) is -3.59. The normalized spacial score (nSPS) is 11.4. The Balaban J connectivity index is 0.000000245. The highest BCUT2D eigenvalue weighted by atomic mass is 19.4. The third-order valence-electron chi connectivity index (χ3n) is 7.09. The molecule has 0 saturated heterocycles. The van der Waals surface area contributed by atoms with E-state index in [1.165, 1.54) is 24.8 Å². The SMILES string of the molecule is CCOc1cc(C(F)(F)F)c(-c2cc(C(=O)Nc3c(F)cccc3F)nn2C)cn1.CCOc1cc(C(F)(F)F)c(-c2cc(C(=O)OC)nn2C)cn1. The van der Waals surface area contributed by atoms with E-state index in [9.17, 15) is 44.7 Å². The minimum atomic E-state index is -4.73. The summed E-state index contributed by atoms with van der Waals surface area (Å²) in [6, 6.07) is 6.88. The zero-order valence-corrected chi connectivity index (χ0v) is 28.4. The second-order valence-electron chi connectivity index (χ2n) is 10.6. The zero-order valence-electron chi connectivity index (χ0n) is 28.4. The van der Waals surface area contributed by atoms with Gasteiger partial charge in [0.2, 0.25) is 11.8 Å². The first-order chi connectivity index (χ1) is 24.9. The van der Waals surface area contributed by atoms with Gasteiger partial charge in [-0.15, -0.1) is 0 Å². The maximum absolute atomic E-state index is 13.7. The van der Waals surface area contributed by atoms with Gasteiger partial charge in [0.1, 0.15) is 17.3 Å². The molecule has 0 saturated carbocycles. The van der Waals surface area contributed by atoms with Crippen LogP contribution in [0.25, 0.3) is 22.5 Å². The van der Waals surface area contributed by atoms with Crippen LogP contribution in [0.2, 0.25) is 0 Å². The molecule has 1 aromatic carbocycles. The molecule has 5 aromatic rings. The lowest BCUT2D eigenvalue weighted by molar-refractivity contribution is -0.138. The number of anilines is 1. The fourth-order valence-corrected chi connectivity index (χ4v) is 4.75. The molecule has 0 radical (unpaired) electrons.